The van der Waals surface area contributed by atoms with Gasteiger partial charge in [0.25, 0.3) is 0 Å². The molecule has 0 fully saturated rings. The summed E-state index contributed by atoms with van der Waals surface area (Å²) in [5.74, 6) is -0.133. The number of aliphatic hydroxyl groups is 1. The normalized spacial score (nSPS) is 13.5. The fourth-order valence-corrected chi connectivity index (χ4v) is 13.6. The quantitative estimate of drug-likeness (QED) is 0.0243. The van der Waals surface area contributed by atoms with Crippen molar-refractivity contribution in [1.82, 2.24) is 5.32 Å². The zero-order valence-electron chi connectivity index (χ0n) is 61.7. The van der Waals surface area contributed by atoms with E-state index in [1.165, 1.54) is 366 Å². The minimum Gasteiger partial charge on any atom is -0.391 e. The van der Waals surface area contributed by atoms with Crippen molar-refractivity contribution in [3.05, 3.63) is 24.3 Å². The predicted molar refractivity (Wildman–Crippen MR) is 397 cm³/mol. The number of unbranched alkanes of at least 4 members (excludes halogenated alkanes) is 60. The third-order valence-corrected chi connectivity index (χ3v) is 20.2. The summed E-state index contributed by atoms with van der Waals surface area (Å²) in [5, 5.41) is 14.2. The monoisotopic (exact) mass is 1290 g/mol. The topological polar surface area (TPSA) is 105 Å². The van der Waals surface area contributed by atoms with Crippen LogP contribution in [0.2, 0.25) is 0 Å². The van der Waals surface area contributed by atoms with Crippen LogP contribution < -0.4 is 5.32 Å². The molecule has 0 rings (SSSR count). The number of carbonyl (C=O) groups excluding carboxylic acids is 1. The number of nitrogens with zero attached hydrogens (tertiary/aromatic N) is 1. The SMILES string of the molecule is CCCCCCC/C=C\C/C=C\CCCCCCCCCCCCCCCCCCCCCCCCCCCCCCCC(=O)NC(COP(=O)(O)OCC[N+](C)(C)C)C(O)CCCCCCCCCCCCCCCCCCCCCCCCCCCCC. The number of rotatable bonds is 77. The van der Waals surface area contributed by atoms with E-state index in [4.69, 9.17) is 9.05 Å². The van der Waals surface area contributed by atoms with E-state index in [1.54, 1.807) is 0 Å². The molecule has 536 valence electrons. The Kier molecular flexibility index (Phi) is 71.4. The Labute approximate surface area is 564 Å². The first-order chi connectivity index (χ1) is 44.0. The second kappa shape index (κ2) is 72.3. The van der Waals surface area contributed by atoms with Crippen LogP contribution in [0.3, 0.4) is 0 Å². The van der Waals surface area contributed by atoms with Gasteiger partial charge >= 0.3 is 7.82 Å². The van der Waals surface area contributed by atoms with Crippen LogP contribution in [-0.2, 0) is 18.4 Å². The number of hydrogen-bond donors (Lipinski definition) is 3. The summed E-state index contributed by atoms with van der Waals surface area (Å²) in [6.07, 6.45) is 96.2. The molecule has 0 saturated heterocycles. The second-order valence-electron chi connectivity index (χ2n) is 29.5. The number of aliphatic hydroxyl groups excluding tert-OH is 1. The van der Waals surface area contributed by atoms with Crippen LogP contribution in [-0.4, -0.2) is 73.4 Å². The molecule has 0 aliphatic carbocycles. The number of phosphoric acid groups is 1. The largest absolute Gasteiger partial charge is 0.472 e. The van der Waals surface area contributed by atoms with E-state index in [2.05, 4.69) is 43.5 Å². The molecule has 3 N–H and O–H groups in total. The molecular formula is C81H162N2O6P+. The van der Waals surface area contributed by atoms with E-state index in [9.17, 15) is 19.4 Å². The highest BCUT2D eigenvalue weighted by atomic mass is 31.2. The van der Waals surface area contributed by atoms with Gasteiger partial charge in [-0.05, 0) is 44.9 Å². The van der Waals surface area contributed by atoms with Gasteiger partial charge in [-0.3, -0.25) is 13.8 Å². The van der Waals surface area contributed by atoms with Crippen molar-refractivity contribution in [2.45, 2.75) is 450 Å². The summed E-state index contributed by atoms with van der Waals surface area (Å²) in [5.41, 5.74) is 0. The second-order valence-corrected chi connectivity index (χ2v) is 31.0. The van der Waals surface area contributed by atoms with Gasteiger partial charge in [-0.1, -0.05) is 411 Å². The Morgan fingerprint density at radius 1 is 0.378 bits per heavy atom. The first-order valence-electron chi connectivity index (χ1n) is 40.7. The number of amides is 1. The highest BCUT2D eigenvalue weighted by Gasteiger charge is 2.28. The van der Waals surface area contributed by atoms with Crippen molar-refractivity contribution in [3.63, 3.8) is 0 Å². The highest BCUT2D eigenvalue weighted by molar-refractivity contribution is 7.47. The number of nitrogens with one attached hydrogen (secondary N) is 1. The Balaban J connectivity index is 3.86. The first kappa shape index (κ1) is 89.0. The number of likely N-dealkylation sites (N-methyl/N-ethyl adjacent to an activating group) is 1. The average Bonchev–Trinajstić information content (AvgIpc) is 3.09. The Bertz CT molecular complexity index is 1520. The lowest BCUT2D eigenvalue weighted by Gasteiger charge is -2.26. The van der Waals surface area contributed by atoms with E-state index in [1.807, 2.05) is 21.1 Å². The van der Waals surface area contributed by atoms with Crippen LogP contribution in [0.5, 0.6) is 0 Å². The summed E-state index contributed by atoms with van der Waals surface area (Å²) in [4.78, 5) is 23.5. The highest BCUT2D eigenvalue weighted by Crippen LogP contribution is 2.43. The summed E-state index contributed by atoms with van der Waals surface area (Å²) in [7, 11) is 1.64. The van der Waals surface area contributed by atoms with Crippen molar-refractivity contribution in [3.8, 4) is 0 Å². The zero-order chi connectivity index (χ0) is 65.5. The minimum atomic E-state index is -4.33. The molecule has 0 radical (unpaired) electrons. The molecule has 0 aliphatic rings. The molecule has 90 heavy (non-hydrogen) atoms. The van der Waals surface area contributed by atoms with Crippen molar-refractivity contribution >= 4 is 13.7 Å². The van der Waals surface area contributed by atoms with Crippen LogP contribution >= 0.6 is 7.82 Å². The molecule has 0 spiro atoms. The third-order valence-electron chi connectivity index (χ3n) is 19.2. The predicted octanol–water partition coefficient (Wildman–Crippen LogP) is 26.6. The van der Waals surface area contributed by atoms with Gasteiger partial charge in [-0.25, -0.2) is 4.57 Å². The van der Waals surface area contributed by atoms with Gasteiger partial charge in [-0.2, -0.15) is 0 Å². The molecule has 0 saturated carbocycles. The number of carbonyl (C=O) groups is 1. The number of hydrogen-bond acceptors (Lipinski definition) is 5. The van der Waals surface area contributed by atoms with Gasteiger partial charge < -0.3 is 19.8 Å². The third kappa shape index (κ3) is 74.4. The van der Waals surface area contributed by atoms with E-state index in [-0.39, 0.29) is 19.1 Å². The summed E-state index contributed by atoms with van der Waals surface area (Å²) in [6, 6.07) is -0.759. The molecule has 9 heteroatoms. The zero-order valence-corrected chi connectivity index (χ0v) is 62.6. The first-order valence-corrected chi connectivity index (χ1v) is 42.2. The molecule has 0 bridgehead atoms. The Morgan fingerprint density at radius 2 is 0.633 bits per heavy atom. The van der Waals surface area contributed by atoms with Gasteiger partial charge in [0.2, 0.25) is 5.91 Å². The van der Waals surface area contributed by atoms with E-state index in [0.29, 0.717) is 23.9 Å². The number of allylic oxidation sites excluding steroid dienone is 4. The Hall–Kier alpha value is -1.02. The molecule has 0 aromatic carbocycles. The van der Waals surface area contributed by atoms with E-state index in [0.717, 1.165) is 44.9 Å². The Morgan fingerprint density at radius 3 is 0.911 bits per heavy atom. The molecule has 3 unspecified atom stereocenters. The van der Waals surface area contributed by atoms with Crippen LogP contribution in [0.15, 0.2) is 24.3 Å². The lowest BCUT2D eigenvalue weighted by Crippen LogP contribution is -2.46. The lowest BCUT2D eigenvalue weighted by atomic mass is 10.0. The van der Waals surface area contributed by atoms with E-state index >= 15 is 0 Å². The fraction of sp³-hybridized carbons (Fsp3) is 0.938. The van der Waals surface area contributed by atoms with Crippen LogP contribution in [0.25, 0.3) is 0 Å². The molecule has 1 amide bonds. The van der Waals surface area contributed by atoms with Crippen LogP contribution in [0, 0.1) is 0 Å². The van der Waals surface area contributed by atoms with Gasteiger partial charge in [0.05, 0.1) is 39.9 Å². The van der Waals surface area contributed by atoms with Crippen molar-refractivity contribution in [2.75, 3.05) is 40.9 Å². The van der Waals surface area contributed by atoms with Gasteiger partial charge in [0, 0.05) is 6.42 Å². The van der Waals surface area contributed by atoms with Crippen molar-refractivity contribution in [2.24, 2.45) is 0 Å². The fourth-order valence-electron chi connectivity index (χ4n) is 12.9. The summed E-state index contributed by atoms with van der Waals surface area (Å²) < 4.78 is 24.0. The maximum atomic E-state index is 13.1. The van der Waals surface area contributed by atoms with Crippen LogP contribution in [0.1, 0.15) is 438 Å². The summed E-state index contributed by atoms with van der Waals surface area (Å²) in [6.45, 7) is 4.95. The molecule has 0 heterocycles. The number of phosphoric ester groups is 1. The smallest absolute Gasteiger partial charge is 0.391 e. The van der Waals surface area contributed by atoms with Crippen molar-refractivity contribution in [1.29, 1.82) is 0 Å². The minimum absolute atomic E-state index is 0.0785. The molecule has 0 aromatic heterocycles. The van der Waals surface area contributed by atoms with Crippen LogP contribution in [0.4, 0.5) is 0 Å². The maximum Gasteiger partial charge on any atom is 0.472 e. The van der Waals surface area contributed by atoms with Gasteiger partial charge in [0.15, 0.2) is 0 Å². The molecule has 8 nitrogen and oxygen atoms in total. The average molecular weight is 1290 g/mol. The molecular weight excluding hydrogens is 1130 g/mol. The molecule has 0 aliphatic heterocycles. The number of quaternary nitrogens is 1. The van der Waals surface area contributed by atoms with Gasteiger partial charge in [-0.15, -0.1) is 0 Å². The lowest BCUT2D eigenvalue weighted by molar-refractivity contribution is -0.870. The summed E-state index contributed by atoms with van der Waals surface area (Å²) >= 11 is 0. The van der Waals surface area contributed by atoms with Crippen molar-refractivity contribution < 1.29 is 32.9 Å². The molecule has 3 atom stereocenters. The van der Waals surface area contributed by atoms with E-state index < -0.39 is 20.0 Å². The maximum absolute atomic E-state index is 13.1. The standard InChI is InChI=1S/C81H161N2O6P/c1-6-8-10-12-14-16-18-20-22-24-26-28-30-32-34-35-36-37-38-39-40-41-42-43-44-45-46-47-49-51-53-55-57-59-61-63-65-67-69-71-73-75-81(85)82-79(78-89-90(86,87)88-77-76-83(3,4)5)80(84)74-72-70-68-66-64-62-60-58-56-54-52-50-48-33-31-29-27-25-23-21-19-17-15-13-11-9-7-2/h18,20,24,26,79-80,84H,6-17,19,21-23,25,27-78H2,1-5H3,(H-,82,85,86,87)/p+1/b20-18-,26-24-. The molecule has 0 aromatic rings. The van der Waals surface area contributed by atoms with Gasteiger partial charge in [0.1, 0.15) is 13.2 Å².